The Kier molecular flexibility index (Phi) is 8.65. The predicted molar refractivity (Wildman–Crippen MR) is 188 cm³/mol. The molecular formula is C38H29FN6O3S. The Labute approximate surface area is 284 Å². The number of aromatic nitrogens is 3. The average molecular weight is 669 g/mol. The molecule has 7 aromatic rings. The van der Waals surface area contributed by atoms with Crippen LogP contribution in [0.5, 0.6) is 0 Å². The van der Waals surface area contributed by atoms with Crippen LogP contribution in [0.3, 0.4) is 0 Å². The second kappa shape index (κ2) is 13.5. The summed E-state index contributed by atoms with van der Waals surface area (Å²) in [5.41, 5.74) is 5.11. The first-order chi connectivity index (χ1) is 23.8. The maximum absolute atomic E-state index is 13.7. The summed E-state index contributed by atoms with van der Waals surface area (Å²) < 4.78 is 16.0. The molecule has 4 aromatic carbocycles. The molecular weight excluding hydrogens is 640 g/mol. The molecule has 0 aliphatic carbocycles. The molecule has 0 aliphatic rings. The van der Waals surface area contributed by atoms with E-state index in [9.17, 15) is 18.8 Å². The Morgan fingerprint density at radius 3 is 2.41 bits per heavy atom. The van der Waals surface area contributed by atoms with Gasteiger partial charge in [0.2, 0.25) is 5.91 Å². The van der Waals surface area contributed by atoms with Crippen LogP contribution in [0.4, 0.5) is 10.1 Å². The predicted octanol–water partition coefficient (Wildman–Crippen LogP) is 7.13. The molecule has 11 heteroatoms. The summed E-state index contributed by atoms with van der Waals surface area (Å²) in [5, 5.41) is 6.01. The highest BCUT2D eigenvalue weighted by Gasteiger charge is 2.27. The standard InChI is InChI=1S/C38H29FN6O3S/c1-44(22-24-14-16-26(39)17-15-24)38(48)34(25-9-3-2-4-10-25)43-36(47)37-42-30-19-18-27(21-32(30)49-37)40-35(46)29-12-6-5-11-28(29)31-23-45-20-8-7-13-33(45)41-31/h2-21,23,34H,22H2,1H3,(H,40,46)(H,43,47)/t34-/m0/s1. The molecule has 242 valence electrons. The van der Waals surface area contributed by atoms with Gasteiger partial charge in [-0.3, -0.25) is 14.4 Å². The van der Waals surface area contributed by atoms with Crippen molar-refractivity contribution < 1.29 is 18.8 Å². The Hall–Kier alpha value is -6.20. The number of hydrogen-bond acceptors (Lipinski definition) is 6. The second-order valence-corrected chi connectivity index (χ2v) is 12.5. The number of carbonyl (C=O) groups excluding carboxylic acids is 3. The summed E-state index contributed by atoms with van der Waals surface area (Å²) in [5.74, 6) is -1.50. The van der Waals surface area contributed by atoms with Crippen molar-refractivity contribution in [3.05, 3.63) is 155 Å². The number of nitrogens with one attached hydrogen (secondary N) is 2. The van der Waals surface area contributed by atoms with Crippen LogP contribution in [-0.4, -0.2) is 44.0 Å². The lowest BCUT2D eigenvalue weighted by atomic mass is 10.0. The Balaban J connectivity index is 1.09. The molecule has 3 amide bonds. The number of halogens is 1. The molecule has 49 heavy (non-hydrogen) atoms. The summed E-state index contributed by atoms with van der Waals surface area (Å²) in [4.78, 5) is 51.4. The van der Waals surface area contributed by atoms with Gasteiger partial charge in [-0.25, -0.2) is 14.4 Å². The van der Waals surface area contributed by atoms with Crippen molar-refractivity contribution in [3.8, 4) is 11.3 Å². The topological polar surface area (TPSA) is 109 Å². The first kappa shape index (κ1) is 31.4. The number of carbonyl (C=O) groups is 3. The number of benzene rings is 4. The lowest BCUT2D eigenvalue weighted by Gasteiger charge is -2.25. The van der Waals surface area contributed by atoms with E-state index in [0.29, 0.717) is 38.3 Å². The fourth-order valence-electron chi connectivity index (χ4n) is 5.55. The Morgan fingerprint density at radius 2 is 1.61 bits per heavy atom. The zero-order chi connectivity index (χ0) is 33.9. The summed E-state index contributed by atoms with van der Waals surface area (Å²) in [7, 11) is 1.64. The number of likely N-dealkylation sites (N-methyl/N-ethyl adjacent to an activating group) is 1. The third-order valence-corrected chi connectivity index (χ3v) is 9.03. The zero-order valence-electron chi connectivity index (χ0n) is 26.2. The number of imidazole rings is 1. The van der Waals surface area contributed by atoms with Gasteiger partial charge in [-0.2, -0.15) is 0 Å². The molecule has 3 aromatic heterocycles. The number of nitrogens with zero attached hydrogens (tertiary/aromatic N) is 4. The molecule has 0 saturated carbocycles. The van der Waals surface area contributed by atoms with E-state index in [-0.39, 0.29) is 29.2 Å². The van der Waals surface area contributed by atoms with Crippen LogP contribution in [0.25, 0.3) is 27.1 Å². The number of thiazole rings is 1. The maximum atomic E-state index is 13.7. The summed E-state index contributed by atoms with van der Waals surface area (Å²) in [6, 6.07) is 32.2. The first-order valence-electron chi connectivity index (χ1n) is 15.4. The quantitative estimate of drug-likeness (QED) is 0.170. The molecule has 7 rings (SSSR count). The summed E-state index contributed by atoms with van der Waals surface area (Å²) in [6.07, 6.45) is 3.79. The molecule has 0 spiro atoms. The van der Waals surface area contributed by atoms with E-state index in [4.69, 9.17) is 0 Å². The van der Waals surface area contributed by atoms with Crippen molar-refractivity contribution in [1.82, 2.24) is 24.6 Å². The lowest BCUT2D eigenvalue weighted by molar-refractivity contribution is -0.132. The molecule has 3 heterocycles. The van der Waals surface area contributed by atoms with Crippen molar-refractivity contribution in [1.29, 1.82) is 0 Å². The smallest absolute Gasteiger partial charge is 0.281 e. The van der Waals surface area contributed by atoms with Crippen LogP contribution in [0.2, 0.25) is 0 Å². The monoisotopic (exact) mass is 668 g/mol. The van der Waals surface area contributed by atoms with E-state index >= 15 is 0 Å². The highest BCUT2D eigenvalue weighted by Crippen LogP contribution is 2.28. The fourth-order valence-corrected chi connectivity index (χ4v) is 6.46. The van der Waals surface area contributed by atoms with Crippen LogP contribution in [0.1, 0.15) is 37.3 Å². The van der Waals surface area contributed by atoms with Gasteiger partial charge in [-0.15, -0.1) is 11.3 Å². The lowest BCUT2D eigenvalue weighted by Crippen LogP contribution is -2.41. The van der Waals surface area contributed by atoms with Crippen LogP contribution in [0.15, 0.2) is 128 Å². The minimum Gasteiger partial charge on any atom is -0.339 e. The number of pyridine rings is 1. The van der Waals surface area contributed by atoms with Crippen LogP contribution < -0.4 is 10.6 Å². The third-order valence-electron chi connectivity index (χ3n) is 8.02. The second-order valence-electron chi connectivity index (χ2n) is 11.4. The molecule has 0 unspecified atom stereocenters. The van der Waals surface area contributed by atoms with E-state index in [2.05, 4.69) is 20.6 Å². The Morgan fingerprint density at radius 1 is 0.857 bits per heavy atom. The van der Waals surface area contributed by atoms with Crippen LogP contribution >= 0.6 is 11.3 Å². The van der Waals surface area contributed by atoms with Crippen molar-refractivity contribution in [3.63, 3.8) is 0 Å². The van der Waals surface area contributed by atoms with Gasteiger partial charge in [-0.1, -0.05) is 66.7 Å². The van der Waals surface area contributed by atoms with Crippen LogP contribution in [-0.2, 0) is 11.3 Å². The summed E-state index contributed by atoms with van der Waals surface area (Å²) >= 11 is 1.16. The molecule has 0 aliphatic heterocycles. The van der Waals surface area contributed by atoms with Crippen molar-refractivity contribution in [2.75, 3.05) is 12.4 Å². The molecule has 9 nitrogen and oxygen atoms in total. The Bertz CT molecular complexity index is 2290. The van der Waals surface area contributed by atoms with Gasteiger partial charge in [-0.05, 0) is 59.7 Å². The third kappa shape index (κ3) is 6.78. The molecule has 0 bridgehead atoms. The first-order valence-corrected chi connectivity index (χ1v) is 16.2. The normalized spacial score (nSPS) is 11.7. The minimum absolute atomic E-state index is 0.172. The van der Waals surface area contributed by atoms with Crippen LogP contribution in [0, 0.1) is 5.82 Å². The highest BCUT2D eigenvalue weighted by atomic mass is 32.1. The maximum Gasteiger partial charge on any atom is 0.281 e. The van der Waals surface area contributed by atoms with E-state index in [1.54, 1.807) is 73.8 Å². The molecule has 0 fully saturated rings. The number of rotatable bonds is 9. The van der Waals surface area contributed by atoms with E-state index in [1.807, 2.05) is 53.2 Å². The van der Waals surface area contributed by atoms with Gasteiger partial charge >= 0.3 is 0 Å². The molecule has 2 N–H and O–H groups in total. The van der Waals surface area contributed by atoms with Crippen molar-refractivity contribution in [2.24, 2.45) is 0 Å². The van der Waals surface area contributed by atoms with Gasteiger partial charge in [0.15, 0.2) is 5.01 Å². The molecule has 1 atom stereocenters. The van der Waals surface area contributed by atoms with Gasteiger partial charge in [0.25, 0.3) is 11.8 Å². The highest BCUT2D eigenvalue weighted by molar-refractivity contribution is 7.20. The van der Waals surface area contributed by atoms with Crippen molar-refractivity contribution >= 4 is 50.6 Å². The van der Waals surface area contributed by atoms with Gasteiger partial charge < -0.3 is 19.9 Å². The zero-order valence-corrected chi connectivity index (χ0v) is 27.0. The molecule has 0 saturated heterocycles. The van der Waals surface area contributed by atoms with Gasteiger partial charge in [0.05, 0.1) is 15.9 Å². The largest absolute Gasteiger partial charge is 0.339 e. The minimum atomic E-state index is -0.978. The SMILES string of the molecule is CN(Cc1ccc(F)cc1)C(=O)[C@@H](NC(=O)c1nc2ccc(NC(=O)c3ccccc3-c3cn4ccccc4n3)cc2s1)c1ccccc1. The van der Waals surface area contributed by atoms with Gasteiger partial charge in [0.1, 0.15) is 17.5 Å². The van der Waals surface area contributed by atoms with E-state index in [1.165, 1.54) is 17.0 Å². The fraction of sp³-hybridized carbons (Fsp3) is 0.0789. The number of hydrogen-bond donors (Lipinski definition) is 2. The summed E-state index contributed by atoms with van der Waals surface area (Å²) in [6.45, 7) is 0.234. The number of fused-ring (bicyclic) bond motifs is 2. The van der Waals surface area contributed by atoms with E-state index < -0.39 is 11.9 Å². The van der Waals surface area contributed by atoms with Gasteiger partial charge in [0, 0.05) is 42.8 Å². The van der Waals surface area contributed by atoms with E-state index in [0.717, 1.165) is 22.5 Å². The average Bonchev–Trinajstić information content (AvgIpc) is 3.76. The molecule has 0 radical (unpaired) electrons. The number of amides is 3. The van der Waals surface area contributed by atoms with Crippen molar-refractivity contribution in [2.45, 2.75) is 12.6 Å². The number of anilines is 1.